The van der Waals surface area contributed by atoms with Crippen LogP contribution in [0, 0.1) is 17.1 Å². The highest BCUT2D eigenvalue weighted by Crippen LogP contribution is 2.28. The van der Waals surface area contributed by atoms with Crippen molar-refractivity contribution in [1.29, 1.82) is 5.26 Å². The first kappa shape index (κ1) is 15.3. The predicted octanol–water partition coefficient (Wildman–Crippen LogP) is 4.39. The molecule has 2 rings (SSSR count). The van der Waals surface area contributed by atoms with Gasteiger partial charge in [-0.25, -0.2) is 4.39 Å². The summed E-state index contributed by atoms with van der Waals surface area (Å²) in [5.74, 6) is -0.800. The standard InChI is InChI=1S/C17H16ClFN2/c1-21(2)14-6-3-5-12(9-14)13(11-20)10-15-16(18)7-4-8-17(15)19/h3-9,13H,10H2,1-2H3. The van der Waals surface area contributed by atoms with Crippen LogP contribution >= 0.6 is 11.6 Å². The van der Waals surface area contributed by atoms with Crippen LogP contribution < -0.4 is 4.90 Å². The zero-order valence-corrected chi connectivity index (χ0v) is 12.7. The molecule has 0 fully saturated rings. The maximum atomic E-state index is 13.9. The molecule has 0 bridgehead atoms. The zero-order valence-electron chi connectivity index (χ0n) is 12.0. The van der Waals surface area contributed by atoms with Crippen LogP contribution in [0.1, 0.15) is 17.0 Å². The molecule has 2 aromatic carbocycles. The predicted molar refractivity (Wildman–Crippen MR) is 84.2 cm³/mol. The third kappa shape index (κ3) is 3.53. The molecule has 2 aromatic rings. The second kappa shape index (κ2) is 6.60. The van der Waals surface area contributed by atoms with Crippen molar-refractivity contribution >= 4 is 17.3 Å². The van der Waals surface area contributed by atoms with Crippen molar-refractivity contribution in [2.45, 2.75) is 12.3 Å². The molecule has 2 nitrogen and oxygen atoms in total. The molecule has 0 radical (unpaired) electrons. The molecule has 0 aliphatic rings. The van der Waals surface area contributed by atoms with Gasteiger partial charge >= 0.3 is 0 Å². The van der Waals surface area contributed by atoms with Crippen LogP contribution in [0.4, 0.5) is 10.1 Å². The van der Waals surface area contributed by atoms with Crippen molar-refractivity contribution in [3.8, 4) is 6.07 Å². The molecule has 1 atom stereocenters. The van der Waals surface area contributed by atoms with Gasteiger partial charge in [0.25, 0.3) is 0 Å². The molecule has 0 spiro atoms. The van der Waals surface area contributed by atoms with E-state index in [1.807, 2.05) is 43.3 Å². The maximum absolute atomic E-state index is 13.9. The van der Waals surface area contributed by atoms with Gasteiger partial charge in [-0.2, -0.15) is 5.26 Å². The van der Waals surface area contributed by atoms with E-state index in [0.717, 1.165) is 11.3 Å². The summed E-state index contributed by atoms with van der Waals surface area (Å²) in [6.07, 6.45) is 0.263. The van der Waals surface area contributed by atoms with Gasteiger partial charge in [0, 0.05) is 30.4 Å². The maximum Gasteiger partial charge on any atom is 0.127 e. The third-order valence-electron chi connectivity index (χ3n) is 3.41. The molecule has 0 aliphatic heterocycles. The summed E-state index contributed by atoms with van der Waals surface area (Å²) in [6.45, 7) is 0. The second-order valence-electron chi connectivity index (χ2n) is 5.08. The number of halogens is 2. The Labute approximate surface area is 129 Å². The van der Waals surface area contributed by atoms with E-state index in [0.29, 0.717) is 10.6 Å². The first-order valence-electron chi connectivity index (χ1n) is 6.62. The topological polar surface area (TPSA) is 27.0 Å². The number of benzene rings is 2. The lowest BCUT2D eigenvalue weighted by Crippen LogP contribution is -2.10. The number of hydrogen-bond acceptors (Lipinski definition) is 2. The van der Waals surface area contributed by atoms with Crippen LogP contribution in [0.25, 0.3) is 0 Å². The molecule has 0 amide bonds. The first-order chi connectivity index (χ1) is 10.0. The van der Waals surface area contributed by atoms with E-state index in [9.17, 15) is 9.65 Å². The Bertz CT molecular complexity index is 656. The summed E-state index contributed by atoms with van der Waals surface area (Å²) in [5, 5.41) is 9.78. The van der Waals surface area contributed by atoms with E-state index in [2.05, 4.69) is 6.07 Å². The number of rotatable bonds is 4. The van der Waals surface area contributed by atoms with Crippen LogP contribution in [0.5, 0.6) is 0 Å². The normalized spacial score (nSPS) is 11.8. The van der Waals surface area contributed by atoms with Crippen molar-refractivity contribution < 1.29 is 4.39 Å². The fourth-order valence-electron chi connectivity index (χ4n) is 2.19. The van der Waals surface area contributed by atoms with Crippen LogP contribution in [-0.2, 0) is 6.42 Å². The number of nitriles is 1. The lowest BCUT2D eigenvalue weighted by molar-refractivity contribution is 0.604. The Morgan fingerprint density at radius 2 is 1.95 bits per heavy atom. The highest BCUT2D eigenvalue weighted by Gasteiger charge is 2.17. The molecule has 21 heavy (non-hydrogen) atoms. The Hall–Kier alpha value is -2.05. The third-order valence-corrected chi connectivity index (χ3v) is 3.77. The minimum absolute atomic E-state index is 0.263. The van der Waals surface area contributed by atoms with Gasteiger partial charge in [-0.05, 0) is 36.2 Å². The average Bonchev–Trinajstić information content (AvgIpc) is 2.47. The molecule has 0 N–H and O–H groups in total. The Balaban J connectivity index is 2.33. The van der Waals surface area contributed by atoms with Gasteiger partial charge in [-0.15, -0.1) is 0 Å². The Morgan fingerprint density at radius 1 is 1.24 bits per heavy atom. The monoisotopic (exact) mass is 302 g/mol. The highest BCUT2D eigenvalue weighted by molar-refractivity contribution is 6.31. The van der Waals surface area contributed by atoms with E-state index >= 15 is 0 Å². The fraction of sp³-hybridized carbons (Fsp3) is 0.235. The van der Waals surface area contributed by atoms with Crippen molar-refractivity contribution in [3.05, 3.63) is 64.4 Å². The molecular weight excluding hydrogens is 287 g/mol. The minimum Gasteiger partial charge on any atom is -0.378 e. The Morgan fingerprint density at radius 3 is 2.57 bits per heavy atom. The Kier molecular flexibility index (Phi) is 4.82. The van der Waals surface area contributed by atoms with Crippen LogP contribution in [0.15, 0.2) is 42.5 Å². The number of anilines is 1. The highest BCUT2D eigenvalue weighted by atomic mass is 35.5. The lowest BCUT2D eigenvalue weighted by atomic mass is 9.92. The number of hydrogen-bond donors (Lipinski definition) is 0. The van der Waals surface area contributed by atoms with Crippen molar-refractivity contribution in [2.75, 3.05) is 19.0 Å². The van der Waals surface area contributed by atoms with E-state index in [1.165, 1.54) is 6.07 Å². The summed E-state index contributed by atoms with van der Waals surface area (Å²) in [5.41, 5.74) is 2.26. The van der Waals surface area contributed by atoms with Crippen LogP contribution in [-0.4, -0.2) is 14.1 Å². The van der Waals surface area contributed by atoms with Gasteiger partial charge in [-0.1, -0.05) is 29.8 Å². The summed E-state index contributed by atoms with van der Waals surface area (Å²) in [6, 6.07) is 14.5. The van der Waals surface area contributed by atoms with Crippen LogP contribution in [0.2, 0.25) is 5.02 Å². The molecule has 1 unspecified atom stereocenters. The van der Waals surface area contributed by atoms with E-state index in [4.69, 9.17) is 11.6 Å². The summed E-state index contributed by atoms with van der Waals surface area (Å²) >= 11 is 6.04. The molecule has 0 saturated heterocycles. The van der Waals surface area contributed by atoms with Crippen molar-refractivity contribution in [2.24, 2.45) is 0 Å². The molecule has 0 heterocycles. The first-order valence-corrected chi connectivity index (χ1v) is 7.00. The smallest absolute Gasteiger partial charge is 0.127 e. The lowest BCUT2D eigenvalue weighted by Gasteiger charge is -2.16. The quantitative estimate of drug-likeness (QED) is 0.837. The molecule has 108 valence electrons. The van der Waals surface area contributed by atoms with E-state index in [-0.39, 0.29) is 12.2 Å². The molecule has 0 aliphatic carbocycles. The summed E-state index contributed by atoms with van der Waals surface area (Å²) in [7, 11) is 3.88. The summed E-state index contributed by atoms with van der Waals surface area (Å²) < 4.78 is 13.9. The van der Waals surface area contributed by atoms with Gasteiger partial charge in [-0.3, -0.25) is 0 Å². The minimum atomic E-state index is -0.431. The van der Waals surface area contributed by atoms with Gasteiger partial charge in [0.05, 0.1) is 12.0 Å². The van der Waals surface area contributed by atoms with Gasteiger partial charge in [0.2, 0.25) is 0 Å². The van der Waals surface area contributed by atoms with Crippen LogP contribution in [0.3, 0.4) is 0 Å². The fourth-order valence-corrected chi connectivity index (χ4v) is 2.43. The molecule has 0 saturated carbocycles. The largest absolute Gasteiger partial charge is 0.378 e. The van der Waals surface area contributed by atoms with Crippen molar-refractivity contribution in [1.82, 2.24) is 0 Å². The van der Waals surface area contributed by atoms with Gasteiger partial charge in [0.15, 0.2) is 0 Å². The number of nitrogens with zero attached hydrogens (tertiary/aromatic N) is 2. The molecule has 0 aromatic heterocycles. The van der Waals surface area contributed by atoms with E-state index < -0.39 is 5.92 Å². The SMILES string of the molecule is CN(C)c1cccc(C(C#N)Cc2c(F)cccc2Cl)c1. The molecule has 4 heteroatoms. The van der Waals surface area contributed by atoms with Gasteiger partial charge < -0.3 is 4.90 Å². The average molecular weight is 303 g/mol. The summed E-state index contributed by atoms with van der Waals surface area (Å²) in [4.78, 5) is 1.97. The molecular formula is C17H16ClFN2. The van der Waals surface area contributed by atoms with Crippen molar-refractivity contribution in [3.63, 3.8) is 0 Å². The van der Waals surface area contributed by atoms with Gasteiger partial charge in [0.1, 0.15) is 5.82 Å². The second-order valence-corrected chi connectivity index (χ2v) is 5.48. The van der Waals surface area contributed by atoms with E-state index in [1.54, 1.807) is 12.1 Å². The zero-order chi connectivity index (χ0) is 15.4.